The van der Waals surface area contributed by atoms with Crippen LogP contribution < -0.4 is 15.0 Å². The van der Waals surface area contributed by atoms with Crippen LogP contribution in [0.15, 0.2) is 47.5 Å². The number of piperidine rings is 1. The molecule has 0 radical (unpaired) electrons. The van der Waals surface area contributed by atoms with Gasteiger partial charge in [-0.05, 0) is 49.6 Å². The normalized spacial score (nSPS) is 19.1. The van der Waals surface area contributed by atoms with Crippen LogP contribution in [0.2, 0.25) is 0 Å². The van der Waals surface area contributed by atoms with Crippen LogP contribution in [0.3, 0.4) is 0 Å². The number of aromatic nitrogens is 2. The van der Waals surface area contributed by atoms with Crippen molar-refractivity contribution in [2.75, 3.05) is 27.2 Å². The number of nitrogens with zero attached hydrogens (tertiary/aromatic N) is 3. The van der Waals surface area contributed by atoms with Crippen LogP contribution in [0.1, 0.15) is 42.0 Å². The molecule has 3 heterocycles. The minimum absolute atomic E-state index is 0.0289. The third kappa shape index (κ3) is 3.50. The van der Waals surface area contributed by atoms with Gasteiger partial charge in [0.2, 0.25) is 0 Å². The number of halogens is 1. The molecule has 5 rings (SSSR count). The molecule has 0 N–H and O–H groups in total. The average molecular weight is 473 g/mol. The number of hydrogen-bond acceptors (Lipinski definition) is 4. The fraction of sp³-hybridized carbons (Fsp3) is 0.308. The summed E-state index contributed by atoms with van der Waals surface area (Å²) in [5.41, 5.74) is -1.01. The van der Waals surface area contributed by atoms with E-state index < -0.39 is 49.8 Å². The Kier molecular flexibility index (Phi) is 3.45. The average Bonchev–Trinajstić information content (AvgIpc) is 3.32. The van der Waals surface area contributed by atoms with Crippen molar-refractivity contribution in [3.05, 3.63) is 64.5 Å². The number of hydrogen-bond donors (Lipinski definition) is 0. The van der Waals surface area contributed by atoms with E-state index in [0.717, 1.165) is 52.7 Å². The minimum Gasteiger partial charge on any atom is -0.493 e. The van der Waals surface area contributed by atoms with Crippen molar-refractivity contribution in [1.82, 2.24) is 14.0 Å². The highest BCUT2D eigenvalue weighted by molar-refractivity contribution is 6.07. The van der Waals surface area contributed by atoms with Gasteiger partial charge in [-0.2, -0.15) is 0 Å². The summed E-state index contributed by atoms with van der Waals surface area (Å²) >= 11 is 0. The Morgan fingerprint density at radius 2 is 1.74 bits per heavy atom. The van der Waals surface area contributed by atoms with Crippen LogP contribution in [-0.4, -0.2) is 47.1 Å². The van der Waals surface area contributed by atoms with E-state index >= 15 is 0 Å². The Morgan fingerprint density at radius 1 is 1.00 bits per heavy atom. The molecule has 7 nitrogen and oxygen atoms in total. The van der Waals surface area contributed by atoms with Crippen molar-refractivity contribution >= 4 is 27.6 Å². The minimum atomic E-state index is -3.06. The second-order valence-corrected chi connectivity index (χ2v) is 8.16. The molecule has 0 bridgehead atoms. The number of carbonyl (C=O) groups excluding carboxylic acids is 1. The van der Waals surface area contributed by atoms with E-state index in [2.05, 4.69) is 0 Å². The maximum absolute atomic E-state index is 14.9. The summed E-state index contributed by atoms with van der Waals surface area (Å²) in [7, 11) is -6.09. The zero-order chi connectivity index (χ0) is 31.5. The molecule has 1 aliphatic rings. The standard InChI is InChI=1S/C26H26FN3O4/c1-28-10-7-17-21(28)11-16(27)12-22(17)30-15-20(25(31)29-8-5-4-6-9-29)18-13-23(33-2)24(34-3)14-19(18)26(30)32/h7,10-15H,4-6,8-9H2,1-3H3/i1D3,2D3,3D3. The molecule has 2 aromatic heterocycles. The maximum atomic E-state index is 14.9. The summed E-state index contributed by atoms with van der Waals surface area (Å²) in [6, 6.07) is 5.46. The number of pyridine rings is 1. The number of ether oxygens (including phenoxy) is 2. The first kappa shape index (κ1) is 13.8. The van der Waals surface area contributed by atoms with Crippen molar-refractivity contribution in [3.8, 4) is 17.2 Å². The van der Waals surface area contributed by atoms with Crippen molar-refractivity contribution in [1.29, 1.82) is 0 Å². The molecule has 4 aromatic rings. The summed E-state index contributed by atoms with van der Waals surface area (Å²) in [6.45, 7) is -1.81. The molecule has 1 amide bonds. The third-order valence-corrected chi connectivity index (χ3v) is 6.19. The second kappa shape index (κ2) is 8.52. The molecule has 1 saturated heterocycles. The van der Waals surface area contributed by atoms with Gasteiger partial charge in [0.1, 0.15) is 5.82 Å². The summed E-state index contributed by atoms with van der Waals surface area (Å²) in [5.74, 6) is -2.48. The number of rotatable bonds is 4. The molecule has 0 aliphatic carbocycles. The van der Waals surface area contributed by atoms with E-state index in [4.69, 9.17) is 21.8 Å². The maximum Gasteiger partial charge on any atom is 0.263 e. The SMILES string of the molecule is [2H]C([2H])([2H])Oc1cc2c(C(=O)N3CCCCC3)cn(-c3cc(F)cc4c3ccn4C([2H])([2H])[2H])c(=O)c2cc1OC([2H])([2H])[2H]. The van der Waals surface area contributed by atoms with E-state index in [1.165, 1.54) is 18.5 Å². The van der Waals surface area contributed by atoms with Gasteiger partial charge in [-0.3, -0.25) is 14.2 Å². The van der Waals surface area contributed by atoms with Crippen LogP contribution in [-0.2, 0) is 6.98 Å². The van der Waals surface area contributed by atoms with Gasteiger partial charge in [0, 0.05) is 47.3 Å². The number of fused-ring (bicyclic) bond motifs is 2. The molecule has 8 heteroatoms. The van der Waals surface area contributed by atoms with Crippen LogP contribution in [0.25, 0.3) is 27.4 Å². The Hall–Kier alpha value is -3.81. The number of benzene rings is 2. The zero-order valence-corrected chi connectivity index (χ0v) is 17.9. The van der Waals surface area contributed by atoms with E-state index in [-0.39, 0.29) is 32.9 Å². The summed E-state index contributed by atoms with van der Waals surface area (Å²) in [5, 5.41) is -0.0917. The number of amides is 1. The predicted octanol–water partition coefficient (Wildman–Crippen LogP) is 4.26. The number of likely N-dealkylation sites (tertiary alicyclic amines) is 1. The van der Waals surface area contributed by atoms with Gasteiger partial charge in [-0.1, -0.05) is 0 Å². The second-order valence-electron chi connectivity index (χ2n) is 8.16. The zero-order valence-electron chi connectivity index (χ0n) is 26.9. The quantitative estimate of drug-likeness (QED) is 0.445. The molecule has 176 valence electrons. The predicted molar refractivity (Wildman–Crippen MR) is 129 cm³/mol. The van der Waals surface area contributed by atoms with Gasteiger partial charge in [0.25, 0.3) is 11.5 Å². The lowest BCUT2D eigenvalue weighted by molar-refractivity contribution is 0.0725. The highest BCUT2D eigenvalue weighted by Crippen LogP contribution is 2.34. The largest absolute Gasteiger partial charge is 0.493 e. The molecule has 1 aliphatic heterocycles. The van der Waals surface area contributed by atoms with Crippen LogP contribution in [0, 0.1) is 5.82 Å². The fourth-order valence-corrected chi connectivity index (χ4v) is 4.51. The smallest absolute Gasteiger partial charge is 0.263 e. The Morgan fingerprint density at radius 3 is 2.44 bits per heavy atom. The topological polar surface area (TPSA) is 65.7 Å². The highest BCUT2D eigenvalue weighted by atomic mass is 19.1. The number of aryl methyl sites for hydroxylation is 1. The molecule has 34 heavy (non-hydrogen) atoms. The summed E-state index contributed by atoms with van der Waals surface area (Å²) in [4.78, 5) is 29.4. The summed E-state index contributed by atoms with van der Waals surface area (Å²) < 4.78 is 95.4. The molecular weight excluding hydrogens is 437 g/mol. The lowest BCUT2D eigenvalue weighted by Crippen LogP contribution is -2.36. The molecule has 0 spiro atoms. The Bertz CT molecular complexity index is 1790. The Labute approximate surface area is 208 Å². The molecule has 2 aromatic carbocycles. The van der Waals surface area contributed by atoms with E-state index in [1.54, 1.807) is 4.90 Å². The number of carbonyl (C=O) groups is 1. The van der Waals surface area contributed by atoms with Gasteiger partial charge in [0.15, 0.2) is 11.5 Å². The molecule has 0 saturated carbocycles. The fourth-order valence-electron chi connectivity index (χ4n) is 4.51. The lowest BCUT2D eigenvalue weighted by atomic mass is 10.0. The first-order chi connectivity index (χ1) is 19.9. The van der Waals surface area contributed by atoms with Crippen LogP contribution >= 0.6 is 0 Å². The van der Waals surface area contributed by atoms with E-state index in [0.29, 0.717) is 13.1 Å². The van der Waals surface area contributed by atoms with Crippen LogP contribution in [0.4, 0.5) is 4.39 Å². The van der Waals surface area contributed by atoms with Gasteiger partial charge in [0.05, 0.1) is 44.5 Å². The number of methoxy groups -OCH3 is 2. The van der Waals surface area contributed by atoms with Crippen molar-refractivity contribution in [3.63, 3.8) is 0 Å². The van der Waals surface area contributed by atoms with Gasteiger partial charge in [-0.15, -0.1) is 0 Å². The van der Waals surface area contributed by atoms with Crippen LogP contribution in [0.5, 0.6) is 11.5 Å². The lowest BCUT2D eigenvalue weighted by Gasteiger charge is -2.27. The summed E-state index contributed by atoms with van der Waals surface area (Å²) in [6.07, 6.45) is 4.80. The van der Waals surface area contributed by atoms with E-state index in [1.807, 2.05) is 0 Å². The monoisotopic (exact) mass is 472 g/mol. The molecular formula is C26H26FN3O4. The van der Waals surface area contributed by atoms with Crippen molar-refractivity contribution in [2.45, 2.75) is 19.3 Å². The van der Waals surface area contributed by atoms with Crippen molar-refractivity contribution in [2.24, 2.45) is 6.98 Å². The van der Waals surface area contributed by atoms with Gasteiger partial charge >= 0.3 is 0 Å². The van der Waals surface area contributed by atoms with Gasteiger partial charge in [-0.25, -0.2) is 4.39 Å². The Balaban J connectivity index is 1.85. The van der Waals surface area contributed by atoms with E-state index in [9.17, 15) is 14.0 Å². The first-order valence-corrected chi connectivity index (χ1v) is 10.7. The first-order valence-electron chi connectivity index (χ1n) is 15.2. The molecule has 0 unspecified atom stereocenters. The highest BCUT2D eigenvalue weighted by Gasteiger charge is 2.24. The van der Waals surface area contributed by atoms with Crippen molar-refractivity contribution < 1.29 is 31.0 Å². The molecule has 1 fully saturated rings. The van der Waals surface area contributed by atoms with Gasteiger partial charge < -0.3 is 18.9 Å². The third-order valence-electron chi connectivity index (χ3n) is 6.19. The molecule has 0 atom stereocenters.